The average molecular weight is 450 g/mol. The Morgan fingerprint density at radius 1 is 1.48 bits per heavy atom. The number of thioether (sulfide) groups is 1. The van der Waals surface area contributed by atoms with Gasteiger partial charge < -0.3 is 9.64 Å². The molecule has 7 nitrogen and oxygen atoms in total. The van der Waals surface area contributed by atoms with Crippen molar-refractivity contribution in [1.82, 2.24) is 4.90 Å². The molecule has 2 saturated heterocycles. The molecule has 2 fully saturated rings. The van der Waals surface area contributed by atoms with Crippen molar-refractivity contribution in [2.24, 2.45) is 0 Å². The first-order valence-corrected chi connectivity index (χ1v) is 9.71. The van der Waals surface area contributed by atoms with Gasteiger partial charge in [0.15, 0.2) is 0 Å². The smallest absolute Gasteiger partial charge is 0.330 e. The fourth-order valence-corrected chi connectivity index (χ4v) is 5.57. The molecule has 0 spiro atoms. The minimum atomic E-state index is -0.751. The van der Waals surface area contributed by atoms with Crippen molar-refractivity contribution in [3.05, 3.63) is 39.9 Å². The number of non-ortho nitro benzene ring substituents is 1. The highest BCUT2D eigenvalue weighted by atomic mass is 79.9. The van der Waals surface area contributed by atoms with E-state index in [4.69, 9.17) is 16.3 Å². The summed E-state index contributed by atoms with van der Waals surface area (Å²) >= 11 is 10.9. The number of hydrogen-bond donors (Lipinski definition) is 0. The Labute approximate surface area is 161 Å². The molecular formula is C15H14BrClN2O5S. The van der Waals surface area contributed by atoms with Crippen LogP contribution in [0, 0.1) is 10.1 Å². The first-order valence-electron chi connectivity index (χ1n) is 7.38. The number of nitrogens with zero attached hydrogens (tertiary/aromatic N) is 2. The highest BCUT2D eigenvalue weighted by Gasteiger charge is 2.64. The van der Waals surface area contributed by atoms with Crippen molar-refractivity contribution in [3.8, 4) is 0 Å². The molecule has 1 amide bonds. The number of hydrogen-bond acceptors (Lipinski definition) is 6. The third-order valence-electron chi connectivity index (χ3n) is 4.28. The average Bonchev–Trinajstić information content (AvgIpc) is 2.90. The van der Waals surface area contributed by atoms with E-state index in [1.54, 1.807) is 0 Å². The molecule has 4 atom stereocenters. The van der Waals surface area contributed by atoms with E-state index in [0.29, 0.717) is 5.56 Å². The third-order valence-corrected chi connectivity index (χ3v) is 7.88. The molecule has 1 aromatic carbocycles. The summed E-state index contributed by atoms with van der Waals surface area (Å²) in [5, 5.41) is 10.5. The van der Waals surface area contributed by atoms with Gasteiger partial charge in [-0.05, 0) is 24.6 Å². The molecule has 134 valence electrons. The van der Waals surface area contributed by atoms with E-state index in [0.717, 1.165) is 0 Å². The molecule has 1 unspecified atom stereocenters. The molecule has 0 aromatic heterocycles. The number of carbonyl (C=O) groups is 2. The molecule has 25 heavy (non-hydrogen) atoms. The van der Waals surface area contributed by atoms with Crippen molar-refractivity contribution in [1.29, 1.82) is 0 Å². The molecule has 2 aliphatic heterocycles. The maximum atomic E-state index is 12.6. The Bertz CT molecular complexity index is 733. The molecule has 2 aliphatic rings. The number of nitro benzene ring substituents is 1. The van der Waals surface area contributed by atoms with Crippen LogP contribution in [0.3, 0.4) is 0 Å². The fraction of sp³-hybridized carbons (Fsp3) is 0.467. The zero-order valence-electron chi connectivity index (χ0n) is 13.1. The highest BCUT2D eigenvalue weighted by Crippen LogP contribution is 2.53. The number of alkyl halides is 2. The topological polar surface area (TPSA) is 89.8 Å². The van der Waals surface area contributed by atoms with Gasteiger partial charge in [-0.2, -0.15) is 0 Å². The Morgan fingerprint density at radius 2 is 2.12 bits per heavy atom. The van der Waals surface area contributed by atoms with Crippen LogP contribution in [0.25, 0.3) is 0 Å². The summed E-state index contributed by atoms with van der Waals surface area (Å²) in [5.74, 6) is -0.470. The van der Waals surface area contributed by atoms with Crippen molar-refractivity contribution < 1.29 is 19.2 Å². The van der Waals surface area contributed by atoms with Gasteiger partial charge in [0.1, 0.15) is 22.8 Å². The summed E-state index contributed by atoms with van der Waals surface area (Å²) in [6.07, 6.45) is 0. The van der Waals surface area contributed by atoms with Crippen LogP contribution in [0.1, 0.15) is 12.5 Å². The lowest BCUT2D eigenvalue weighted by atomic mass is 9.98. The zero-order valence-corrected chi connectivity index (χ0v) is 16.2. The van der Waals surface area contributed by atoms with Crippen LogP contribution in [0.2, 0.25) is 0 Å². The van der Waals surface area contributed by atoms with Crippen LogP contribution in [0.5, 0.6) is 0 Å². The van der Waals surface area contributed by atoms with Gasteiger partial charge in [-0.3, -0.25) is 14.9 Å². The zero-order chi connectivity index (χ0) is 18.4. The van der Waals surface area contributed by atoms with Gasteiger partial charge in [0.25, 0.3) is 5.69 Å². The number of fused-ring (bicyclic) bond motifs is 1. The second kappa shape index (κ2) is 6.77. The predicted octanol–water partition coefficient (Wildman–Crippen LogP) is 2.68. The lowest BCUT2D eigenvalue weighted by molar-refractivity contribution is -0.384. The van der Waals surface area contributed by atoms with Gasteiger partial charge >= 0.3 is 5.97 Å². The quantitative estimate of drug-likeness (QED) is 0.226. The monoisotopic (exact) mass is 448 g/mol. The Morgan fingerprint density at radius 3 is 2.68 bits per heavy atom. The highest BCUT2D eigenvalue weighted by molar-refractivity contribution is 9.10. The number of amides is 1. The summed E-state index contributed by atoms with van der Waals surface area (Å²) in [5.41, 5.74) is 0.594. The molecule has 0 bridgehead atoms. The third kappa shape index (κ3) is 3.13. The number of benzene rings is 1. The molecule has 2 heterocycles. The molecule has 10 heteroatoms. The minimum Gasteiger partial charge on any atom is -0.459 e. The summed E-state index contributed by atoms with van der Waals surface area (Å²) in [4.78, 5) is 36.0. The Balaban J connectivity index is 1.69. The summed E-state index contributed by atoms with van der Waals surface area (Å²) in [6, 6.07) is 5.01. The number of nitro groups is 1. The van der Waals surface area contributed by atoms with Gasteiger partial charge in [0, 0.05) is 18.0 Å². The number of β-lactam (4-membered cyclic amide) rings is 1. The second-order valence-electron chi connectivity index (χ2n) is 6.04. The molecule has 0 aliphatic carbocycles. The summed E-state index contributed by atoms with van der Waals surface area (Å²) in [6.45, 7) is 1.81. The van der Waals surface area contributed by atoms with Crippen molar-refractivity contribution >= 4 is 56.9 Å². The normalized spacial score (nSPS) is 30.6. The van der Waals surface area contributed by atoms with Crippen molar-refractivity contribution in [3.63, 3.8) is 0 Å². The van der Waals surface area contributed by atoms with Crippen LogP contribution in [0.15, 0.2) is 24.3 Å². The van der Waals surface area contributed by atoms with Crippen LogP contribution in [-0.2, 0) is 20.9 Å². The number of ether oxygens (including phenoxy) is 1. The van der Waals surface area contributed by atoms with E-state index in [1.807, 2.05) is 6.92 Å². The Hall–Kier alpha value is -1.32. The maximum absolute atomic E-state index is 12.6. The van der Waals surface area contributed by atoms with E-state index in [9.17, 15) is 19.7 Å². The molecule has 0 radical (unpaired) electrons. The summed E-state index contributed by atoms with van der Waals surface area (Å²) in [7, 11) is 0. The molecule has 0 saturated carbocycles. The van der Waals surface area contributed by atoms with Crippen LogP contribution >= 0.6 is 39.3 Å². The number of rotatable bonds is 5. The largest absolute Gasteiger partial charge is 0.459 e. The van der Waals surface area contributed by atoms with E-state index < -0.39 is 21.7 Å². The number of halogens is 2. The molecule has 0 N–H and O–H groups in total. The number of carbonyl (C=O) groups excluding carboxylic acids is 2. The second-order valence-corrected chi connectivity index (χ2v) is 8.94. The van der Waals surface area contributed by atoms with E-state index in [2.05, 4.69) is 15.9 Å². The molecule has 3 rings (SSSR count). The fourth-order valence-electron chi connectivity index (χ4n) is 2.89. The first-order chi connectivity index (χ1) is 11.8. The minimum absolute atomic E-state index is 0.0270. The lowest BCUT2D eigenvalue weighted by Gasteiger charge is -2.41. The summed E-state index contributed by atoms with van der Waals surface area (Å²) < 4.78 is 4.73. The maximum Gasteiger partial charge on any atom is 0.330 e. The van der Waals surface area contributed by atoms with Crippen LogP contribution in [-0.4, -0.2) is 48.6 Å². The van der Waals surface area contributed by atoms with E-state index in [1.165, 1.54) is 40.9 Å². The van der Waals surface area contributed by atoms with Crippen molar-refractivity contribution in [2.75, 3.05) is 5.88 Å². The molecular weight excluding hydrogens is 436 g/mol. The predicted molar refractivity (Wildman–Crippen MR) is 96.7 cm³/mol. The SMILES string of the molecule is C[C@@]1(CCl)S[C@@H]2[C@@H](Br)C(=O)N2C1C(=O)OCc1ccc([N+](=O)[O-])cc1. The van der Waals surface area contributed by atoms with Gasteiger partial charge in [-0.25, -0.2) is 4.79 Å². The van der Waals surface area contributed by atoms with E-state index >= 15 is 0 Å². The van der Waals surface area contributed by atoms with Gasteiger partial charge in [-0.15, -0.1) is 23.4 Å². The van der Waals surface area contributed by atoms with Crippen LogP contribution in [0.4, 0.5) is 5.69 Å². The van der Waals surface area contributed by atoms with Gasteiger partial charge in [-0.1, -0.05) is 15.9 Å². The van der Waals surface area contributed by atoms with E-state index in [-0.39, 0.29) is 34.3 Å². The van der Waals surface area contributed by atoms with Crippen molar-refractivity contribution in [2.45, 2.75) is 34.5 Å². The lowest BCUT2D eigenvalue weighted by Crippen LogP contribution is -2.64. The van der Waals surface area contributed by atoms with Crippen LogP contribution < -0.4 is 0 Å². The number of esters is 1. The Kier molecular flexibility index (Phi) is 5.00. The standard InChI is InChI=1S/C15H14BrClN2O5S/c1-15(7-17)11(18-12(20)10(16)13(18)25-15)14(21)24-6-8-2-4-9(5-3-8)19(22)23/h2-5,10-11,13H,6-7H2,1H3/t10-,11?,13+,15-/m0/s1. The first kappa shape index (κ1) is 18.5. The molecule has 1 aromatic rings. The van der Waals surface area contributed by atoms with Gasteiger partial charge in [0.2, 0.25) is 5.91 Å². The van der Waals surface area contributed by atoms with Gasteiger partial charge in [0.05, 0.1) is 9.67 Å².